The van der Waals surface area contributed by atoms with Crippen LogP contribution in [0.2, 0.25) is 0 Å². The lowest BCUT2D eigenvalue weighted by molar-refractivity contribution is 0.629. The Labute approximate surface area is 132 Å². The highest BCUT2D eigenvalue weighted by Gasteiger charge is 2.15. The van der Waals surface area contributed by atoms with Crippen molar-refractivity contribution >= 4 is 11.8 Å². The van der Waals surface area contributed by atoms with Crippen LogP contribution in [-0.4, -0.2) is 14.9 Å². The second kappa shape index (κ2) is 6.19. The molecule has 112 valence electrons. The summed E-state index contributed by atoms with van der Waals surface area (Å²) in [5.74, 6) is 6.69. The molecule has 0 bridgehead atoms. The number of hydrogen-bond acceptors (Lipinski definition) is 4. The first-order valence-electron chi connectivity index (χ1n) is 6.79. The Hall–Kier alpha value is -2.34. The first-order valence-corrected chi connectivity index (χ1v) is 7.77. The molecule has 22 heavy (non-hydrogen) atoms. The summed E-state index contributed by atoms with van der Waals surface area (Å²) in [4.78, 5) is 0. The van der Waals surface area contributed by atoms with Gasteiger partial charge in [0.15, 0.2) is 5.82 Å². The lowest BCUT2D eigenvalue weighted by Crippen LogP contribution is -2.12. The Morgan fingerprint density at radius 3 is 2.55 bits per heavy atom. The number of aryl methyl sites for hydroxylation is 1. The van der Waals surface area contributed by atoms with Gasteiger partial charge in [0, 0.05) is 5.75 Å². The number of nitrogen functional groups attached to an aromatic ring is 1. The molecule has 4 nitrogen and oxygen atoms in total. The van der Waals surface area contributed by atoms with Crippen LogP contribution in [0.3, 0.4) is 0 Å². The van der Waals surface area contributed by atoms with Gasteiger partial charge in [0.1, 0.15) is 5.82 Å². The van der Waals surface area contributed by atoms with Crippen molar-refractivity contribution in [3.8, 4) is 11.4 Å². The molecule has 0 aliphatic carbocycles. The van der Waals surface area contributed by atoms with Gasteiger partial charge in [-0.25, -0.2) is 9.07 Å². The third-order valence-corrected chi connectivity index (χ3v) is 4.28. The maximum atomic E-state index is 13.8. The zero-order chi connectivity index (χ0) is 15.5. The zero-order valence-electron chi connectivity index (χ0n) is 12.0. The van der Waals surface area contributed by atoms with Gasteiger partial charge in [0.05, 0.1) is 5.56 Å². The Bertz CT molecular complexity index is 783. The molecule has 0 unspecified atom stereocenters. The first kappa shape index (κ1) is 14.6. The second-order valence-electron chi connectivity index (χ2n) is 4.93. The average molecular weight is 314 g/mol. The number of nitrogens with zero attached hydrogens (tertiary/aromatic N) is 3. The maximum Gasteiger partial charge on any atom is 0.210 e. The van der Waals surface area contributed by atoms with Crippen LogP contribution >= 0.6 is 11.8 Å². The third kappa shape index (κ3) is 2.96. The van der Waals surface area contributed by atoms with Gasteiger partial charge in [-0.3, -0.25) is 0 Å². The Morgan fingerprint density at radius 2 is 1.82 bits per heavy atom. The molecule has 3 rings (SSSR count). The molecule has 0 saturated carbocycles. The fourth-order valence-corrected chi connectivity index (χ4v) is 2.85. The van der Waals surface area contributed by atoms with Gasteiger partial charge in [-0.2, -0.15) is 0 Å². The Balaban J connectivity index is 1.79. The quantitative estimate of drug-likeness (QED) is 0.592. The standard InChI is InChI=1S/C16H15FN4S/c1-11-6-8-12(9-7-11)10-22-16-20-19-15(21(16)18)13-4-2-3-5-14(13)17/h2-9H,10,18H2,1H3. The molecule has 0 fully saturated rings. The van der Waals surface area contributed by atoms with Crippen molar-refractivity contribution in [2.24, 2.45) is 0 Å². The van der Waals surface area contributed by atoms with E-state index in [1.165, 1.54) is 33.6 Å². The monoisotopic (exact) mass is 314 g/mol. The molecular formula is C16H15FN4S. The zero-order valence-corrected chi connectivity index (χ0v) is 12.8. The fourth-order valence-electron chi connectivity index (χ4n) is 2.03. The summed E-state index contributed by atoms with van der Waals surface area (Å²) in [6, 6.07) is 14.6. The number of aromatic nitrogens is 3. The van der Waals surface area contributed by atoms with Gasteiger partial charge in [0.2, 0.25) is 5.16 Å². The van der Waals surface area contributed by atoms with E-state index >= 15 is 0 Å². The average Bonchev–Trinajstić information content (AvgIpc) is 2.88. The summed E-state index contributed by atoms with van der Waals surface area (Å²) in [5, 5.41) is 8.60. The molecule has 1 aromatic heterocycles. The number of thioether (sulfide) groups is 1. The van der Waals surface area contributed by atoms with Gasteiger partial charge in [-0.05, 0) is 24.6 Å². The van der Waals surface area contributed by atoms with Gasteiger partial charge in [-0.1, -0.05) is 53.7 Å². The minimum absolute atomic E-state index is 0.324. The molecule has 0 atom stereocenters. The van der Waals surface area contributed by atoms with Crippen LogP contribution in [0.25, 0.3) is 11.4 Å². The third-order valence-electron chi connectivity index (χ3n) is 3.27. The van der Waals surface area contributed by atoms with Crippen molar-refractivity contribution in [2.75, 3.05) is 5.84 Å². The molecule has 0 saturated heterocycles. The topological polar surface area (TPSA) is 56.7 Å². The van der Waals surface area contributed by atoms with Gasteiger partial charge in [0.25, 0.3) is 0 Å². The molecule has 3 aromatic rings. The number of nitrogens with two attached hydrogens (primary N) is 1. The van der Waals surface area contributed by atoms with Crippen LogP contribution in [0.5, 0.6) is 0 Å². The van der Waals surface area contributed by atoms with E-state index in [1.54, 1.807) is 18.2 Å². The van der Waals surface area contributed by atoms with Crippen molar-refractivity contribution in [1.82, 2.24) is 14.9 Å². The predicted octanol–water partition coefficient (Wildman–Crippen LogP) is 3.40. The lowest BCUT2D eigenvalue weighted by Gasteiger charge is -2.05. The second-order valence-corrected chi connectivity index (χ2v) is 5.87. The summed E-state index contributed by atoms with van der Waals surface area (Å²) in [7, 11) is 0. The number of benzene rings is 2. The van der Waals surface area contributed by atoms with Gasteiger partial charge in [-0.15, -0.1) is 10.2 Å². The smallest absolute Gasteiger partial charge is 0.210 e. The minimum atomic E-state index is -0.364. The van der Waals surface area contributed by atoms with Crippen LogP contribution < -0.4 is 5.84 Å². The highest BCUT2D eigenvalue weighted by molar-refractivity contribution is 7.98. The highest BCUT2D eigenvalue weighted by Crippen LogP contribution is 2.25. The van der Waals surface area contributed by atoms with E-state index in [9.17, 15) is 4.39 Å². The van der Waals surface area contributed by atoms with Crippen LogP contribution in [0.4, 0.5) is 4.39 Å². The van der Waals surface area contributed by atoms with E-state index < -0.39 is 0 Å². The molecular weight excluding hydrogens is 299 g/mol. The predicted molar refractivity (Wildman–Crippen MR) is 86.3 cm³/mol. The summed E-state index contributed by atoms with van der Waals surface area (Å²) in [6.45, 7) is 2.05. The van der Waals surface area contributed by atoms with Crippen molar-refractivity contribution in [2.45, 2.75) is 17.8 Å². The molecule has 2 aromatic carbocycles. The fraction of sp³-hybridized carbons (Fsp3) is 0.125. The summed E-state index contributed by atoms with van der Waals surface area (Å²) < 4.78 is 15.1. The summed E-state index contributed by atoms with van der Waals surface area (Å²) in [6.07, 6.45) is 0. The van der Waals surface area contributed by atoms with Crippen molar-refractivity contribution in [3.63, 3.8) is 0 Å². The van der Waals surface area contributed by atoms with Crippen molar-refractivity contribution in [1.29, 1.82) is 0 Å². The van der Waals surface area contributed by atoms with E-state index in [-0.39, 0.29) is 5.82 Å². The Kier molecular flexibility index (Phi) is 4.11. The van der Waals surface area contributed by atoms with Gasteiger partial charge < -0.3 is 5.84 Å². The number of hydrogen-bond donors (Lipinski definition) is 1. The molecule has 0 radical (unpaired) electrons. The van der Waals surface area contributed by atoms with Crippen LogP contribution in [-0.2, 0) is 5.75 Å². The molecule has 0 amide bonds. The largest absolute Gasteiger partial charge is 0.335 e. The van der Waals surface area contributed by atoms with E-state index in [0.29, 0.717) is 16.5 Å². The summed E-state index contributed by atoms with van der Waals surface area (Å²) >= 11 is 1.47. The highest BCUT2D eigenvalue weighted by atomic mass is 32.2. The van der Waals surface area contributed by atoms with Crippen molar-refractivity contribution in [3.05, 3.63) is 65.5 Å². The van der Waals surface area contributed by atoms with E-state index in [1.807, 2.05) is 6.92 Å². The molecule has 0 spiro atoms. The number of halogens is 1. The van der Waals surface area contributed by atoms with Crippen molar-refractivity contribution < 1.29 is 4.39 Å². The maximum absolute atomic E-state index is 13.8. The van der Waals surface area contributed by atoms with Crippen LogP contribution in [0.15, 0.2) is 53.7 Å². The molecule has 0 aliphatic heterocycles. The minimum Gasteiger partial charge on any atom is -0.335 e. The lowest BCUT2D eigenvalue weighted by atomic mass is 10.2. The Morgan fingerprint density at radius 1 is 1.09 bits per heavy atom. The first-order chi connectivity index (χ1) is 10.6. The molecule has 0 aliphatic rings. The SMILES string of the molecule is Cc1ccc(CSc2nnc(-c3ccccc3F)n2N)cc1. The number of rotatable bonds is 4. The molecule has 2 N–H and O–H groups in total. The van der Waals surface area contributed by atoms with E-state index in [0.717, 1.165) is 5.75 Å². The van der Waals surface area contributed by atoms with Crippen LogP contribution in [0.1, 0.15) is 11.1 Å². The van der Waals surface area contributed by atoms with E-state index in [4.69, 9.17) is 5.84 Å². The summed E-state index contributed by atoms with van der Waals surface area (Å²) in [5.41, 5.74) is 2.74. The molecule has 1 heterocycles. The molecule has 6 heteroatoms. The van der Waals surface area contributed by atoms with Gasteiger partial charge >= 0.3 is 0 Å². The van der Waals surface area contributed by atoms with Crippen LogP contribution in [0, 0.1) is 12.7 Å². The normalized spacial score (nSPS) is 10.8. The van der Waals surface area contributed by atoms with E-state index in [2.05, 4.69) is 34.5 Å².